The van der Waals surface area contributed by atoms with Crippen LogP contribution >= 0.6 is 11.6 Å². The molecule has 0 amide bonds. The first kappa shape index (κ1) is 12.6. The molecule has 0 bridgehead atoms. The summed E-state index contributed by atoms with van der Waals surface area (Å²) in [7, 11) is 0. The van der Waals surface area contributed by atoms with E-state index in [1.807, 2.05) is 12.1 Å². The molecule has 0 radical (unpaired) electrons. The Morgan fingerprint density at radius 2 is 2.00 bits per heavy atom. The van der Waals surface area contributed by atoms with Crippen molar-refractivity contribution in [1.82, 2.24) is 4.98 Å². The second kappa shape index (κ2) is 5.27. The maximum absolute atomic E-state index is 11.8. The van der Waals surface area contributed by atoms with Crippen LogP contribution in [-0.2, 0) is 9.53 Å². The fraction of sp³-hybridized carbons (Fsp3) is 0. The lowest BCUT2D eigenvalue weighted by Crippen LogP contribution is -2.05. The van der Waals surface area contributed by atoms with Gasteiger partial charge in [-0.3, -0.25) is 4.98 Å². The molecule has 0 fully saturated rings. The van der Waals surface area contributed by atoms with Gasteiger partial charge in [0.25, 0.3) is 0 Å². The molecule has 0 saturated heterocycles. The fourth-order valence-electron chi connectivity index (χ4n) is 1.76. The Morgan fingerprint density at radius 3 is 2.75 bits per heavy atom. The van der Waals surface area contributed by atoms with Gasteiger partial charge in [-0.2, -0.15) is 0 Å². The lowest BCUT2D eigenvalue weighted by Gasteiger charge is -1.97. The molecule has 5 heteroatoms. The van der Waals surface area contributed by atoms with E-state index in [0.29, 0.717) is 10.6 Å². The molecule has 1 aliphatic rings. The van der Waals surface area contributed by atoms with Gasteiger partial charge in [0.15, 0.2) is 5.70 Å². The molecule has 0 unspecified atom stereocenters. The van der Waals surface area contributed by atoms with Crippen LogP contribution in [0.3, 0.4) is 0 Å². The van der Waals surface area contributed by atoms with Crippen LogP contribution in [0.4, 0.5) is 0 Å². The van der Waals surface area contributed by atoms with Gasteiger partial charge in [0.2, 0.25) is 5.90 Å². The zero-order valence-corrected chi connectivity index (χ0v) is 11.0. The van der Waals surface area contributed by atoms with Crippen molar-refractivity contribution in [3.05, 3.63) is 70.6 Å². The van der Waals surface area contributed by atoms with Crippen molar-refractivity contribution in [1.29, 1.82) is 0 Å². The molecule has 0 N–H and O–H groups in total. The average molecular weight is 285 g/mol. The molecule has 4 nitrogen and oxygen atoms in total. The number of hydrogen-bond acceptors (Lipinski definition) is 4. The SMILES string of the molecule is O=C1OC(c2cccnc2)=N/C1=C\c1ccccc1Cl. The molecule has 20 heavy (non-hydrogen) atoms. The smallest absolute Gasteiger partial charge is 0.363 e. The Hall–Kier alpha value is -2.46. The molecular formula is C15H9ClN2O2. The van der Waals surface area contributed by atoms with Gasteiger partial charge in [-0.1, -0.05) is 29.8 Å². The zero-order valence-electron chi connectivity index (χ0n) is 10.3. The van der Waals surface area contributed by atoms with E-state index in [1.165, 1.54) is 0 Å². The first-order valence-electron chi connectivity index (χ1n) is 5.91. The van der Waals surface area contributed by atoms with Crippen LogP contribution < -0.4 is 0 Å². The number of benzene rings is 1. The Morgan fingerprint density at radius 1 is 1.15 bits per heavy atom. The number of cyclic esters (lactones) is 1. The Kier molecular flexibility index (Phi) is 3.31. The summed E-state index contributed by atoms with van der Waals surface area (Å²) in [6, 6.07) is 10.7. The summed E-state index contributed by atoms with van der Waals surface area (Å²) in [5, 5.41) is 0.554. The summed E-state index contributed by atoms with van der Waals surface area (Å²) in [6.45, 7) is 0. The minimum absolute atomic E-state index is 0.219. The number of halogens is 1. The molecule has 3 rings (SSSR count). The maximum atomic E-state index is 11.8. The topological polar surface area (TPSA) is 51.5 Å². The van der Waals surface area contributed by atoms with Crippen molar-refractivity contribution in [3.63, 3.8) is 0 Å². The predicted molar refractivity (Wildman–Crippen MR) is 76.3 cm³/mol. The molecule has 98 valence electrons. The molecule has 0 aliphatic carbocycles. The normalized spacial score (nSPS) is 16.1. The summed E-state index contributed by atoms with van der Waals surface area (Å²) in [5.41, 5.74) is 1.60. The minimum atomic E-state index is -0.497. The number of nitrogens with zero attached hydrogens (tertiary/aromatic N) is 2. The van der Waals surface area contributed by atoms with Crippen molar-refractivity contribution in [2.45, 2.75) is 0 Å². The van der Waals surface area contributed by atoms with Gasteiger partial charge >= 0.3 is 5.97 Å². The first-order valence-corrected chi connectivity index (χ1v) is 6.29. The lowest BCUT2D eigenvalue weighted by atomic mass is 10.2. The monoisotopic (exact) mass is 284 g/mol. The molecule has 0 spiro atoms. The number of aromatic nitrogens is 1. The van der Waals surface area contributed by atoms with Crippen molar-refractivity contribution < 1.29 is 9.53 Å². The fourth-order valence-corrected chi connectivity index (χ4v) is 1.95. The van der Waals surface area contributed by atoms with Crippen LogP contribution in [0.15, 0.2) is 59.5 Å². The Bertz CT molecular complexity index is 724. The maximum Gasteiger partial charge on any atom is 0.363 e. The van der Waals surface area contributed by atoms with Crippen LogP contribution in [0.25, 0.3) is 6.08 Å². The number of aliphatic imine (C=N–C) groups is 1. The van der Waals surface area contributed by atoms with Crippen LogP contribution in [0.2, 0.25) is 5.02 Å². The second-order valence-corrected chi connectivity index (χ2v) is 4.51. The highest BCUT2D eigenvalue weighted by Gasteiger charge is 2.24. The summed E-state index contributed by atoms with van der Waals surface area (Å²) in [6.07, 6.45) is 4.83. The molecule has 0 atom stereocenters. The van der Waals surface area contributed by atoms with E-state index in [4.69, 9.17) is 16.3 Å². The number of rotatable bonds is 2. The van der Waals surface area contributed by atoms with E-state index in [1.54, 1.807) is 42.7 Å². The van der Waals surface area contributed by atoms with E-state index in [9.17, 15) is 4.79 Å². The highest BCUT2D eigenvalue weighted by atomic mass is 35.5. The van der Waals surface area contributed by atoms with Gasteiger partial charge in [0.1, 0.15) is 0 Å². The van der Waals surface area contributed by atoms with Crippen molar-refractivity contribution in [3.8, 4) is 0 Å². The highest BCUT2D eigenvalue weighted by Crippen LogP contribution is 2.22. The number of ether oxygens (including phenoxy) is 1. The van der Waals surface area contributed by atoms with E-state index < -0.39 is 5.97 Å². The van der Waals surface area contributed by atoms with Crippen molar-refractivity contribution in [2.75, 3.05) is 0 Å². The number of pyridine rings is 1. The van der Waals surface area contributed by atoms with Crippen LogP contribution in [0, 0.1) is 0 Å². The summed E-state index contributed by atoms with van der Waals surface area (Å²) >= 11 is 6.05. The third-order valence-corrected chi connectivity index (χ3v) is 3.07. The van der Waals surface area contributed by atoms with E-state index in [0.717, 1.165) is 5.56 Å². The van der Waals surface area contributed by atoms with Crippen molar-refractivity contribution in [2.24, 2.45) is 4.99 Å². The lowest BCUT2D eigenvalue weighted by molar-refractivity contribution is -0.129. The standard InChI is InChI=1S/C15H9ClN2O2/c16-12-6-2-1-4-10(12)8-13-15(19)20-14(18-13)11-5-3-7-17-9-11/h1-9H/b13-8-. The largest absolute Gasteiger partial charge is 0.402 e. The van der Waals surface area contributed by atoms with Crippen molar-refractivity contribution >= 4 is 29.5 Å². The molecule has 2 aromatic rings. The molecule has 1 aromatic carbocycles. The summed E-state index contributed by atoms with van der Waals surface area (Å²) in [4.78, 5) is 20.0. The van der Waals surface area contributed by atoms with E-state index >= 15 is 0 Å². The molecule has 1 aromatic heterocycles. The van der Waals surface area contributed by atoms with Gasteiger partial charge in [0, 0.05) is 17.4 Å². The molecule has 1 aliphatic heterocycles. The van der Waals surface area contributed by atoms with Crippen LogP contribution in [0.1, 0.15) is 11.1 Å². The first-order chi connectivity index (χ1) is 9.74. The number of esters is 1. The number of carbonyl (C=O) groups excluding carboxylic acids is 1. The Balaban J connectivity index is 1.97. The van der Waals surface area contributed by atoms with E-state index in [2.05, 4.69) is 9.98 Å². The third-order valence-electron chi connectivity index (χ3n) is 2.73. The third kappa shape index (κ3) is 2.46. The molecule has 2 heterocycles. The van der Waals surface area contributed by atoms with Crippen LogP contribution in [-0.4, -0.2) is 16.9 Å². The predicted octanol–water partition coefficient (Wildman–Crippen LogP) is 3.08. The Labute approximate surface area is 120 Å². The summed E-state index contributed by atoms with van der Waals surface area (Å²) in [5.74, 6) is -0.245. The molecule has 0 saturated carbocycles. The second-order valence-electron chi connectivity index (χ2n) is 4.10. The zero-order chi connectivity index (χ0) is 13.9. The minimum Gasteiger partial charge on any atom is -0.402 e. The number of carbonyl (C=O) groups is 1. The quantitative estimate of drug-likeness (QED) is 0.629. The average Bonchev–Trinajstić information content (AvgIpc) is 2.84. The van der Waals surface area contributed by atoms with Gasteiger partial charge in [0.05, 0.1) is 5.56 Å². The summed E-state index contributed by atoms with van der Waals surface area (Å²) < 4.78 is 5.13. The molecular weight excluding hydrogens is 276 g/mol. The van der Waals surface area contributed by atoms with Gasteiger partial charge in [-0.15, -0.1) is 0 Å². The van der Waals surface area contributed by atoms with Gasteiger partial charge < -0.3 is 4.74 Å². The number of hydrogen-bond donors (Lipinski definition) is 0. The highest BCUT2D eigenvalue weighted by molar-refractivity contribution is 6.32. The van der Waals surface area contributed by atoms with Crippen LogP contribution in [0.5, 0.6) is 0 Å². The van der Waals surface area contributed by atoms with Gasteiger partial charge in [-0.25, -0.2) is 9.79 Å². The van der Waals surface area contributed by atoms with E-state index in [-0.39, 0.29) is 11.6 Å². The van der Waals surface area contributed by atoms with Gasteiger partial charge in [-0.05, 0) is 29.8 Å².